The van der Waals surface area contributed by atoms with Gasteiger partial charge in [-0.3, -0.25) is 0 Å². The first-order valence-electron chi connectivity index (χ1n) is 2.73. The number of hydrogen-bond acceptors (Lipinski definition) is 4. The first kappa shape index (κ1) is 7.94. The van der Waals surface area contributed by atoms with Crippen molar-refractivity contribution in [1.82, 2.24) is 0 Å². The summed E-state index contributed by atoms with van der Waals surface area (Å²) in [5.74, 6) is 0. The van der Waals surface area contributed by atoms with Gasteiger partial charge in [0, 0.05) is 0 Å². The second-order valence-electron chi connectivity index (χ2n) is 1.59. The summed E-state index contributed by atoms with van der Waals surface area (Å²) in [4.78, 5) is 0. The third-order valence-corrected chi connectivity index (χ3v) is 0.841. The summed E-state index contributed by atoms with van der Waals surface area (Å²) >= 11 is 0. The number of oxime groups is 2. The Morgan fingerprint density at radius 2 is 2.22 bits per heavy atom. The Labute approximate surface area is 53.5 Å². The molecular formula is C5H10N2O2. The number of hydrogen-bond donors (Lipinski definition) is 2. The average molecular weight is 130 g/mol. The van der Waals surface area contributed by atoms with E-state index >= 15 is 0 Å². The molecule has 0 aromatic heterocycles. The molecule has 0 spiro atoms. The van der Waals surface area contributed by atoms with Crippen LogP contribution in [0.4, 0.5) is 0 Å². The van der Waals surface area contributed by atoms with Gasteiger partial charge in [0.1, 0.15) is 5.71 Å². The minimum Gasteiger partial charge on any atom is -0.411 e. The van der Waals surface area contributed by atoms with Gasteiger partial charge in [-0.05, 0) is 6.42 Å². The van der Waals surface area contributed by atoms with Gasteiger partial charge >= 0.3 is 0 Å². The fourth-order valence-corrected chi connectivity index (χ4v) is 0.463. The van der Waals surface area contributed by atoms with Gasteiger partial charge in [-0.1, -0.05) is 23.7 Å². The Morgan fingerprint density at radius 1 is 1.56 bits per heavy atom. The van der Waals surface area contributed by atoms with Crippen LogP contribution < -0.4 is 0 Å². The van der Waals surface area contributed by atoms with Crippen LogP contribution in [0.1, 0.15) is 19.8 Å². The molecule has 4 nitrogen and oxygen atoms in total. The van der Waals surface area contributed by atoms with Gasteiger partial charge < -0.3 is 10.4 Å². The summed E-state index contributed by atoms with van der Waals surface area (Å²) in [5.41, 5.74) is 0.389. The van der Waals surface area contributed by atoms with Crippen molar-refractivity contribution in [3.05, 3.63) is 0 Å². The molecule has 0 aromatic rings. The highest BCUT2D eigenvalue weighted by Gasteiger charge is 1.91. The normalized spacial score (nSPS) is 12.8. The first-order chi connectivity index (χ1) is 4.35. The van der Waals surface area contributed by atoms with E-state index in [9.17, 15) is 0 Å². The molecule has 0 heterocycles. The van der Waals surface area contributed by atoms with Gasteiger partial charge in [-0.25, -0.2) is 0 Å². The number of nitrogens with zero attached hydrogens (tertiary/aromatic N) is 2. The van der Waals surface area contributed by atoms with Crippen LogP contribution in [0.5, 0.6) is 0 Å². The SMILES string of the molecule is CCCC(/C=N\O)=N/O. The predicted molar refractivity (Wildman–Crippen MR) is 34.4 cm³/mol. The maximum atomic E-state index is 8.17. The summed E-state index contributed by atoms with van der Waals surface area (Å²) in [7, 11) is 0. The molecule has 0 aliphatic rings. The van der Waals surface area contributed by atoms with Crippen LogP contribution in [-0.4, -0.2) is 22.3 Å². The standard InChI is InChI=1S/C5H10N2O2/c1-2-3-5(7-9)4-6-8/h4,8-9H,2-3H2,1H3/b6-4-,7-5-. The van der Waals surface area contributed by atoms with Crippen LogP contribution in [0.3, 0.4) is 0 Å². The summed E-state index contributed by atoms with van der Waals surface area (Å²) < 4.78 is 0. The van der Waals surface area contributed by atoms with Crippen LogP contribution in [0, 0.1) is 0 Å². The topological polar surface area (TPSA) is 65.2 Å². The lowest BCUT2D eigenvalue weighted by Gasteiger charge is -1.89. The van der Waals surface area contributed by atoms with E-state index in [0.717, 1.165) is 12.6 Å². The third-order valence-electron chi connectivity index (χ3n) is 0.841. The Hall–Kier alpha value is -1.06. The molecule has 0 unspecified atom stereocenters. The zero-order chi connectivity index (χ0) is 7.11. The van der Waals surface area contributed by atoms with Crippen molar-refractivity contribution in [2.24, 2.45) is 10.3 Å². The van der Waals surface area contributed by atoms with Crippen LogP contribution >= 0.6 is 0 Å². The van der Waals surface area contributed by atoms with E-state index in [4.69, 9.17) is 10.4 Å². The molecule has 0 amide bonds. The fraction of sp³-hybridized carbons (Fsp3) is 0.600. The van der Waals surface area contributed by atoms with E-state index in [-0.39, 0.29) is 0 Å². The maximum Gasteiger partial charge on any atom is 0.101 e. The molecule has 2 N–H and O–H groups in total. The molecule has 4 heteroatoms. The second-order valence-corrected chi connectivity index (χ2v) is 1.59. The molecule has 0 bridgehead atoms. The highest BCUT2D eigenvalue weighted by Crippen LogP contribution is 1.88. The van der Waals surface area contributed by atoms with Gasteiger partial charge in [0.2, 0.25) is 0 Å². The van der Waals surface area contributed by atoms with Crippen molar-refractivity contribution in [2.45, 2.75) is 19.8 Å². The molecule has 0 aliphatic heterocycles. The van der Waals surface area contributed by atoms with Crippen molar-refractivity contribution >= 4 is 11.9 Å². The molecule has 0 rings (SSSR count). The molecular weight excluding hydrogens is 120 g/mol. The first-order valence-corrected chi connectivity index (χ1v) is 2.73. The third kappa shape index (κ3) is 3.52. The van der Waals surface area contributed by atoms with Gasteiger partial charge in [0.25, 0.3) is 0 Å². The van der Waals surface area contributed by atoms with E-state index in [0.29, 0.717) is 12.1 Å². The van der Waals surface area contributed by atoms with Crippen molar-refractivity contribution in [2.75, 3.05) is 0 Å². The van der Waals surface area contributed by atoms with E-state index in [1.807, 2.05) is 6.92 Å². The lowest BCUT2D eigenvalue weighted by Crippen LogP contribution is -1.98. The van der Waals surface area contributed by atoms with E-state index in [1.54, 1.807) is 0 Å². The fourth-order valence-electron chi connectivity index (χ4n) is 0.463. The van der Waals surface area contributed by atoms with Crippen molar-refractivity contribution in [1.29, 1.82) is 0 Å². The zero-order valence-electron chi connectivity index (χ0n) is 5.28. The van der Waals surface area contributed by atoms with Gasteiger partial charge in [-0.2, -0.15) is 0 Å². The van der Waals surface area contributed by atoms with Crippen molar-refractivity contribution in [3.63, 3.8) is 0 Å². The Balaban J connectivity index is 3.70. The molecule has 0 atom stereocenters. The maximum absolute atomic E-state index is 8.17. The molecule has 52 valence electrons. The summed E-state index contributed by atoms with van der Waals surface area (Å²) in [6.45, 7) is 1.94. The summed E-state index contributed by atoms with van der Waals surface area (Å²) in [6, 6.07) is 0. The number of rotatable bonds is 3. The van der Waals surface area contributed by atoms with E-state index < -0.39 is 0 Å². The zero-order valence-corrected chi connectivity index (χ0v) is 5.28. The smallest absolute Gasteiger partial charge is 0.101 e. The van der Waals surface area contributed by atoms with Crippen molar-refractivity contribution < 1.29 is 10.4 Å². The van der Waals surface area contributed by atoms with E-state index in [2.05, 4.69) is 10.3 Å². The predicted octanol–water partition coefficient (Wildman–Crippen LogP) is 1.08. The highest BCUT2D eigenvalue weighted by molar-refractivity contribution is 6.30. The van der Waals surface area contributed by atoms with Gasteiger partial charge in [-0.15, -0.1) is 0 Å². The van der Waals surface area contributed by atoms with Crippen molar-refractivity contribution in [3.8, 4) is 0 Å². The lowest BCUT2D eigenvalue weighted by molar-refractivity contribution is 0.314. The molecule has 0 radical (unpaired) electrons. The Morgan fingerprint density at radius 3 is 2.56 bits per heavy atom. The lowest BCUT2D eigenvalue weighted by atomic mass is 10.2. The van der Waals surface area contributed by atoms with Gasteiger partial charge in [0.15, 0.2) is 0 Å². The largest absolute Gasteiger partial charge is 0.411 e. The van der Waals surface area contributed by atoms with Crippen LogP contribution in [0.2, 0.25) is 0 Å². The van der Waals surface area contributed by atoms with Crippen LogP contribution in [-0.2, 0) is 0 Å². The minimum atomic E-state index is 0.389. The minimum absolute atomic E-state index is 0.389. The summed E-state index contributed by atoms with van der Waals surface area (Å²) in [5, 5.41) is 21.7. The van der Waals surface area contributed by atoms with Crippen LogP contribution in [0.15, 0.2) is 10.3 Å². The highest BCUT2D eigenvalue weighted by atomic mass is 16.4. The summed E-state index contributed by atoms with van der Waals surface area (Å²) in [6.07, 6.45) is 2.61. The Kier molecular flexibility index (Phi) is 4.49. The molecule has 0 fully saturated rings. The monoisotopic (exact) mass is 130 g/mol. The quantitative estimate of drug-likeness (QED) is 0.341. The molecule has 9 heavy (non-hydrogen) atoms. The molecule has 0 saturated heterocycles. The second kappa shape index (κ2) is 5.08. The van der Waals surface area contributed by atoms with Gasteiger partial charge in [0.05, 0.1) is 6.21 Å². The molecule has 0 saturated carbocycles. The molecule has 0 aliphatic carbocycles. The van der Waals surface area contributed by atoms with Crippen LogP contribution in [0.25, 0.3) is 0 Å². The Bertz CT molecular complexity index is 120. The molecule has 0 aromatic carbocycles. The average Bonchev–Trinajstić information content (AvgIpc) is 1.88. The van der Waals surface area contributed by atoms with E-state index in [1.165, 1.54) is 0 Å².